The summed E-state index contributed by atoms with van der Waals surface area (Å²) in [6, 6.07) is 12.7. The Hall–Kier alpha value is -0.557. The van der Waals surface area contributed by atoms with Crippen LogP contribution in [0.15, 0.2) is 42.5 Å². The maximum Gasteiger partial charge on any atom is 2.00 e. The van der Waals surface area contributed by atoms with E-state index in [0.717, 1.165) is 10.8 Å². The number of hydrogen-bond acceptors (Lipinski definition) is 1. The molecule has 0 aliphatic carbocycles. The Morgan fingerprint density at radius 2 is 1.67 bits per heavy atom. The van der Waals surface area contributed by atoms with E-state index in [1.807, 2.05) is 30.3 Å². The van der Waals surface area contributed by atoms with E-state index in [4.69, 9.17) is 5.11 Å². The zero-order chi connectivity index (χ0) is 9.26. The van der Waals surface area contributed by atoms with Gasteiger partial charge in [-0.2, -0.15) is 0 Å². The van der Waals surface area contributed by atoms with Crippen LogP contribution in [0.2, 0.25) is 0 Å². The molecule has 0 amide bonds. The Labute approximate surface area is 117 Å². The first-order chi connectivity index (χ1) is 6.29. The Balaban J connectivity index is -0.000000490. The molecule has 15 heavy (non-hydrogen) atoms. The number of benzene rings is 2. The van der Waals surface area contributed by atoms with Gasteiger partial charge in [0.1, 0.15) is 0 Å². The Kier molecular flexibility index (Phi) is 5.89. The molecule has 0 aliphatic rings. The zero-order valence-electron chi connectivity index (χ0n) is 9.94. The van der Waals surface area contributed by atoms with Gasteiger partial charge in [-0.25, -0.2) is 4.79 Å². The third-order valence-corrected chi connectivity index (χ3v) is 2.02. The molecule has 2 aromatic carbocycles. The normalized spacial score (nSPS) is 8.80. The number of carboxylic acid groups (broad SMARTS) is 1. The van der Waals surface area contributed by atoms with Crippen molar-refractivity contribution < 1.29 is 29.5 Å². The standard InChI is InChI=1S/C11H8O2.Co.Mg.2H/c12-11(13)10-7-3-5-8-4-1-2-6-9(8)10;;;;/h1-7H,(H,12,13);;;;/q;;+2;2*-1. The molecule has 0 spiro atoms. The summed E-state index contributed by atoms with van der Waals surface area (Å²) in [4.78, 5) is 10.8. The topological polar surface area (TPSA) is 37.3 Å². The molecule has 4 heteroatoms. The first kappa shape index (κ1) is 14.4. The Bertz CT molecular complexity index is 474. The van der Waals surface area contributed by atoms with Gasteiger partial charge >= 0.3 is 29.0 Å². The SMILES string of the molecule is O=C(O)c1cccc2ccccc12.[Co].[H-].[H-].[Mg+2]. The fourth-order valence-corrected chi connectivity index (χ4v) is 1.41. The Morgan fingerprint density at radius 1 is 1.07 bits per heavy atom. The first-order valence-electron chi connectivity index (χ1n) is 4.00. The van der Waals surface area contributed by atoms with E-state index < -0.39 is 5.97 Å². The number of hydrogen-bond donors (Lipinski definition) is 1. The van der Waals surface area contributed by atoms with Gasteiger partial charge in [0.2, 0.25) is 0 Å². The van der Waals surface area contributed by atoms with Crippen molar-refractivity contribution in [2.75, 3.05) is 0 Å². The second kappa shape index (κ2) is 6.12. The summed E-state index contributed by atoms with van der Waals surface area (Å²) in [5.74, 6) is -0.878. The van der Waals surface area contributed by atoms with Crippen LogP contribution in [0.4, 0.5) is 0 Å². The van der Waals surface area contributed by atoms with Crippen LogP contribution in [0.3, 0.4) is 0 Å². The van der Waals surface area contributed by atoms with Crippen LogP contribution in [0.1, 0.15) is 13.2 Å². The molecule has 1 N–H and O–H groups in total. The van der Waals surface area contributed by atoms with Gasteiger partial charge in [0.15, 0.2) is 0 Å². The van der Waals surface area contributed by atoms with Crippen LogP contribution in [-0.2, 0) is 16.8 Å². The van der Waals surface area contributed by atoms with Crippen LogP contribution in [0.25, 0.3) is 10.8 Å². The molecule has 2 aromatic rings. The van der Waals surface area contributed by atoms with E-state index in [9.17, 15) is 4.79 Å². The summed E-state index contributed by atoms with van der Waals surface area (Å²) in [6.07, 6.45) is 0. The molecule has 1 radical (unpaired) electrons. The number of carboxylic acids is 1. The molecule has 0 unspecified atom stereocenters. The van der Waals surface area contributed by atoms with Gasteiger partial charge in [0, 0.05) is 16.8 Å². The molecule has 0 atom stereocenters. The fourth-order valence-electron chi connectivity index (χ4n) is 1.41. The van der Waals surface area contributed by atoms with Crippen LogP contribution < -0.4 is 0 Å². The minimum Gasteiger partial charge on any atom is -1.00 e. The van der Waals surface area contributed by atoms with Gasteiger partial charge in [0.05, 0.1) is 5.56 Å². The maximum absolute atomic E-state index is 10.8. The third-order valence-electron chi connectivity index (χ3n) is 2.02. The van der Waals surface area contributed by atoms with Crippen LogP contribution in [0.5, 0.6) is 0 Å². The van der Waals surface area contributed by atoms with Crippen molar-refractivity contribution in [2.24, 2.45) is 0 Å². The van der Waals surface area contributed by atoms with E-state index in [1.54, 1.807) is 12.1 Å². The monoisotopic (exact) mass is 257 g/mol. The number of carbonyl (C=O) groups is 1. The average molecular weight is 257 g/mol. The first-order valence-corrected chi connectivity index (χ1v) is 4.00. The molecular formula is C11H10CoMgO2. The molecule has 0 bridgehead atoms. The molecule has 0 saturated heterocycles. The molecule has 2 nitrogen and oxygen atoms in total. The largest absolute Gasteiger partial charge is 2.00 e. The average Bonchev–Trinajstić information content (AvgIpc) is 2.17. The number of aromatic carboxylic acids is 1. The molecular weight excluding hydrogens is 247 g/mol. The zero-order valence-corrected chi connectivity index (χ0v) is 10.4. The smallest absolute Gasteiger partial charge is 1.00 e. The number of rotatable bonds is 1. The second-order valence-electron chi connectivity index (χ2n) is 2.83. The predicted molar refractivity (Wildman–Crippen MR) is 58.9 cm³/mol. The minimum atomic E-state index is -0.878. The van der Waals surface area contributed by atoms with Crippen molar-refractivity contribution in [3.05, 3.63) is 48.0 Å². The molecule has 77 valence electrons. The second-order valence-corrected chi connectivity index (χ2v) is 2.83. The van der Waals surface area contributed by atoms with Crippen molar-refractivity contribution in [1.82, 2.24) is 0 Å². The minimum absolute atomic E-state index is 0. The molecule has 0 aliphatic heterocycles. The molecule has 2 rings (SSSR count). The predicted octanol–water partition coefficient (Wildman–Crippen LogP) is 2.38. The van der Waals surface area contributed by atoms with Crippen molar-refractivity contribution in [3.63, 3.8) is 0 Å². The molecule has 0 saturated carbocycles. The summed E-state index contributed by atoms with van der Waals surface area (Å²) in [5, 5.41) is 10.6. The maximum atomic E-state index is 10.8. The van der Waals surface area contributed by atoms with Gasteiger partial charge in [-0.1, -0.05) is 36.4 Å². The van der Waals surface area contributed by atoms with Crippen molar-refractivity contribution in [2.45, 2.75) is 0 Å². The van der Waals surface area contributed by atoms with Gasteiger partial charge in [0.25, 0.3) is 0 Å². The van der Waals surface area contributed by atoms with Crippen molar-refractivity contribution in [1.29, 1.82) is 0 Å². The summed E-state index contributed by atoms with van der Waals surface area (Å²) in [5.41, 5.74) is 0.359. The molecule has 0 fully saturated rings. The van der Waals surface area contributed by atoms with E-state index in [1.165, 1.54) is 0 Å². The summed E-state index contributed by atoms with van der Waals surface area (Å²) in [6.45, 7) is 0. The quantitative estimate of drug-likeness (QED) is 0.797. The fraction of sp³-hybridized carbons (Fsp3) is 0. The van der Waals surface area contributed by atoms with Crippen molar-refractivity contribution >= 4 is 39.8 Å². The van der Waals surface area contributed by atoms with E-state index in [2.05, 4.69) is 0 Å². The van der Waals surface area contributed by atoms with Gasteiger partial charge in [-0.3, -0.25) is 0 Å². The van der Waals surface area contributed by atoms with Crippen LogP contribution in [0, 0.1) is 0 Å². The molecule has 0 heterocycles. The van der Waals surface area contributed by atoms with Crippen molar-refractivity contribution in [3.8, 4) is 0 Å². The summed E-state index contributed by atoms with van der Waals surface area (Å²) in [7, 11) is 0. The summed E-state index contributed by atoms with van der Waals surface area (Å²) >= 11 is 0. The molecule has 0 aromatic heterocycles. The van der Waals surface area contributed by atoms with Gasteiger partial charge < -0.3 is 7.96 Å². The number of fused-ring (bicyclic) bond motifs is 1. The Morgan fingerprint density at radius 3 is 2.33 bits per heavy atom. The van der Waals surface area contributed by atoms with E-state index >= 15 is 0 Å². The van der Waals surface area contributed by atoms with E-state index in [-0.39, 0.29) is 42.7 Å². The van der Waals surface area contributed by atoms with Crippen LogP contribution >= 0.6 is 0 Å². The third kappa shape index (κ3) is 2.95. The summed E-state index contributed by atoms with van der Waals surface area (Å²) < 4.78 is 0. The van der Waals surface area contributed by atoms with Gasteiger partial charge in [-0.15, -0.1) is 0 Å². The van der Waals surface area contributed by atoms with E-state index in [0.29, 0.717) is 5.56 Å². The van der Waals surface area contributed by atoms with Gasteiger partial charge in [-0.05, 0) is 16.8 Å². The van der Waals surface area contributed by atoms with Crippen LogP contribution in [-0.4, -0.2) is 34.1 Å².